The van der Waals surface area contributed by atoms with Gasteiger partial charge in [0.25, 0.3) is 0 Å². The molecule has 1 fully saturated rings. The maximum atomic E-state index is 12.5. The summed E-state index contributed by atoms with van der Waals surface area (Å²) in [5.74, 6) is -0.0567. The fourth-order valence-electron chi connectivity index (χ4n) is 3.13. The van der Waals surface area contributed by atoms with Crippen molar-refractivity contribution in [3.8, 4) is 12.1 Å². The van der Waals surface area contributed by atoms with Crippen molar-refractivity contribution in [1.82, 2.24) is 15.1 Å². The van der Waals surface area contributed by atoms with E-state index >= 15 is 0 Å². The molecular formula is C20H26N6O2. The highest BCUT2D eigenvalue weighted by molar-refractivity contribution is 5.89. The number of benzene rings is 1. The van der Waals surface area contributed by atoms with Gasteiger partial charge in [0.2, 0.25) is 5.91 Å². The van der Waals surface area contributed by atoms with Gasteiger partial charge >= 0.3 is 6.03 Å². The summed E-state index contributed by atoms with van der Waals surface area (Å²) in [7, 11) is 0. The smallest absolute Gasteiger partial charge is 0.319 e. The minimum absolute atomic E-state index is 0.0567. The molecule has 0 saturated carbocycles. The molecule has 0 radical (unpaired) electrons. The Kier molecular flexibility index (Phi) is 8.77. The van der Waals surface area contributed by atoms with E-state index in [1.165, 1.54) is 0 Å². The molecule has 0 aromatic heterocycles. The molecule has 1 aliphatic heterocycles. The molecule has 0 unspecified atom stereocenters. The lowest BCUT2D eigenvalue weighted by molar-refractivity contribution is -0.132. The summed E-state index contributed by atoms with van der Waals surface area (Å²) in [6.07, 6.45) is 2.07. The lowest BCUT2D eigenvalue weighted by atomic mass is 10.1. The van der Waals surface area contributed by atoms with Crippen molar-refractivity contribution in [2.45, 2.75) is 31.7 Å². The zero-order valence-electron chi connectivity index (χ0n) is 15.9. The van der Waals surface area contributed by atoms with E-state index in [9.17, 15) is 9.59 Å². The number of nitrogens with zero attached hydrogens (tertiary/aromatic N) is 4. The normalized spacial score (nSPS) is 14.5. The average molecular weight is 382 g/mol. The highest BCUT2D eigenvalue weighted by atomic mass is 16.2. The van der Waals surface area contributed by atoms with E-state index in [0.29, 0.717) is 26.2 Å². The summed E-state index contributed by atoms with van der Waals surface area (Å²) in [4.78, 5) is 28.2. The highest BCUT2D eigenvalue weighted by Gasteiger charge is 2.24. The first-order valence-electron chi connectivity index (χ1n) is 9.49. The van der Waals surface area contributed by atoms with Crippen molar-refractivity contribution in [3.05, 3.63) is 30.3 Å². The second kappa shape index (κ2) is 11.6. The minimum Gasteiger partial charge on any atom is -0.340 e. The Morgan fingerprint density at radius 3 is 2.25 bits per heavy atom. The summed E-state index contributed by atoms with van der Waals surface area (Å²) in [5.41, 5.74) is 0.748. The number of nitriles is 2. The van der Waals surface area contributed by atoms with Crippen LogP contribution in [-0.4, -0.2) is 60.5 Å². The standard InChI is InChI=1S/C20H26N6O2/c21-10-4-12-26(13-5-11-22)19(27)16-25-14-8-18(9-15-25)24-20(28)23-17-6-2-1-3-7-17/h1-3,6-7,18H,4-5,8-9,12-16H2,(H2,23,24,28). The van der Waals surface area contributed by atoms with Crippen LogP contribution in [-0.2, 0) is 4.79 Å². The first kappa shape index (κ1) is 21.2. The van der Waals surface area contributed by atoms with Gasteiger partial charge in [0.1, 0.15) is 0 Å². The quantitative estimate of drug-likeness (QED) is 0.713. The average Bonchev–Trinajstić information content (AvgIpc) is 2.70. The van der Waals surface area contributed by atoms with Crippen LogP contribution in [0.4, 0.5) is 10.5 Å². The molecule has 0 bridgehead atoms. The lowest BCUT2D eigenvalue weighted by Crippen LogP contribution is -2.49. The van der Waals surface area contributed by atoms with Gasteiger partial charge in [-0.3, -0.25) is 9.69 Å². The van der Waals surface area contributed by atoms with Gasteiger partial charge in [-0.05, 0) is 25.0 Å². The molecule has 3 amide bonds. The first-order valence-corrected chi connectivity index (χ1v) is 9.49. The lowest BCUT2D eigenvalue weighted by Gasteiger charge is -2.33. The SMILES string of the molecule is N#CCCN(CCC#N)C(=O)CN1CCC(NC(=O)Nc2ccccc2)CC1. The van der Waals surface area contributed by atoms with Crippen molar-refractivity contribution >= 4 is 17.6 Å². The van der Waals surface area contributed by atoms with Crippen molar-refractivity contribution in [2.75, 3.05) is 38.0 Å². The topological polar surface area (TPSA) is 112 Å². The van der Waals surface area contributed by atoms with Gasteiger partial charge in [-0.25, -0.2) is 4.79 Å². The molecule has 28 heavy (non-hydrogen) atoms. The molecule has 8 heteroatoms. The van der Waals surface area contributed by atoms with Crippen LogP contribution in [0.5, 0.6) is 0 Å². The number of carbonyl (C=O) groups is 2. The van der Waals surface area contributed by atoms with Gasteiger partial charge in [0.15, 0.2) is 0 Å². The van der Waals surface area contributed by atoms with Gasteiger partial charge in [-0.2, -0.15) is 10.5 Å². The van der Waals surface area contributed by atoms with Gasteiger partial charge < -0.3 is 15.5 Å². The van der Waals surface area contributed by atoms with Crippen molar-refractivity contribution in [3.63, 3.8) is 0 Å². The second-order valence-electron chi connectivity index (χ2n) is 6.71. The van der Waals surface area contributed by atoms with E-state index in [0.717, 1.165) is 18.5 Å². The highest BCUT2D eigenvalue weighted by Crippen LogP contribution is 2.12. The van der Waals surface area contributed by atoms with Crippen molar-refractivity contribution in [2.24, 2.45) is 0 Å². The third-order valence-electron chi connectivity index (χ3n) is 4.65. The molecule has 0 spiro atoms. The number of rotatable bonds is 8. The first-order chi connectivity index (χ1) is 13.6. The van der Waals surface area contributed by atoms with Crippen LogP contribution in [0.1, 0.15) is 25.7 Å². The van der Waals surface area contributed by atoms with E-state index in [2.05, 4.69) is 15.5 Å². The number of nitrogens with one attached hydrogen (secondary N) is 2. The minimum atomic E-state index is -0.222. The summed E-state index contributed by atoms with van der Waals surface area (Å²) < 4.78 is 0. The predicted octanol–water partition coefficient (Wildman–Crippen LogP) is 1.93. The molecule has 0 atom stereocenters. The molecule has 1 aromatic carbocycles. The van der Waals surface area contributed by atoms with Gasteiger partial charge in [-0.1, -0.05) is 18.2 Å². The number of hydrogen-bond donors (Lipinski definition) is 2. The zero-order chi connectivity index (χ0) is 20.2. The van der Waals surface area contributed by atoms with Crippen LogP contribution in [0.3, 0.4) is 0 Å². The molecule has 1 aliphatic rings. The third kappa shape index (κ3) is 7.26. The van der Waals surface area contributed by atoms with E-state index in [-0.39, 0.29) is 37.4 Å². The molecule has 2 N–H and O–H groups in total. The number of para-hydroxylation sites is 1. The molecule has 2 rings (SSSR count). The zero-order valence-corrected chi connectivity index (χ0v) is 15.9. The number of likely N-dealkylation sites (tertiary alicyclic amines) is 1. The summed E-state index contributed by atoms with van der Waals surface area (Å²) in [5, 5.41) is 23.3. The van der Waals surface area contributed by atoms with Crippen LogP contribution < -0.4 is 10.6 Å². The fraction of sp³-hybridized carbons (Fsp3) is 0.500. The van der Waals surface area contributed by atoms with Crippen LogP contribution >= 0.6 is 0 Å². The predicted molar refractivity (Wildman–Crippen MR) is 105 cm³/mol. The molecule has 1 saturated heterocycles. The van der Waals surface area contributed by atoms with E-state index in [1.54, 1.807) is 4.90 Å². The molecule has 148 valence electrons. The Morgan fingerprint density at radius 1 is 1.07 bits per heavy atom. The van der Waals surface area contributed by atoms with E-state index in [4.69, 9.17) is 10.5 Å². The Bertz CT molecular complexity index is 698. The summed E-state index contributed by atoms with van der Waals surface area (Å²) >= 11 is 0. The number of anilines is 1. The third-order valence-corrected chi connectivity index (χ3v) is 4.65. The Morgan fingerprint density at radius 2 is 1.68 bits per heavy atom. The van der Waals surface area contributed by atoms with Gasteiger partial charge in [0.05, 0.1) is 31.5 Å². The largest absolute Gasteiger partial charge is 0.340 e. The second-order valence-corrected chi connectivity index (χ2v) is 6.71. The number of carbonyl (C=O) groups excluding carboxylic acids is 2. The molecule has 0 aliphatic carbocycles. The number of amides is 3. The summed E-state index contributed by atoms with van der Waals surface area (Å²) in [6, 6.07) is 13.2. The molecule has 1 heterocycles. The van der Waals surface area contributed by atoms with Crippen molar-refractivity contribution in [1.29, 1.82) is 10.5 Å². The Hall–Kier alpha value is -3.10. The van der Waals surface area contributed by atoms with Crippen molar-refractivity contribution < 1.29 is 9.59 Å². The van der Waals surface area contributed by atoms with Gasteiger partial charge in [-0.15, -0.1) is 0 Å². The van der Waals surface area contributed by atoms with Crippen LogP contribution in [0.2, 0.25) is 0 Å². The van der Waals surface area contributed by atoms with Crippen LogP contribution in [0, 0.1) is 22.7 Å². The number of piperidine rings is 1. The summed E-state index contributed by atoms with van der Waals surface area (Å²) in [6.45, 7) is 2.42. The van der Waals surface area contributed by atoms with Gasteiger partial charge in [0, 0.05) is 37.9 Å². The Balaban J connectivity index is 1.73. The van der Waals surface area contributed by atoms with E-state index in [1.807, 2.05) is 42.5 Å². The molecular weight excluding hydrogens is 356 g/mol. The maximum Gasteiger partial charge on any atom is 0.319 e. The molecule has 8 nitrogen and oxygen atoms in total. The number of hydrogen-bond acceptors (Lipinski definition) is 5. The van der Waals surface area contributed by atoms with E-state index < -0.39 is 0 Å². The fourth-order valence-corrected chi connectivity index (χ4v) is 3.13. The maximum absolute atomic E-state index is 12.5. The molecule has 1 aromatic rings. The number of urea groups is 1. The Labute approximate surface area is 165 Å². The monoisotopic (exact) mass is 382 g/mol. The van der Waals surface area contributed by atoms with Crippen LogP contribution in [0.15, 0.2) is 30.3 Å². The van der Waals surface area contributed by atoms with Crippen LogP contribution in [0.25, 0.3) is 0 Å².